The highest BCUT2D eigenvalue weighted by atomic mass is 19.3. The van der Waals surface area contributed by atoms with E-state index in [-0.39, 0.29) is 18.8 Å². The van der Waals surface area contributed by atoms with Crippen molar-refractivity contribution in [3.63, 3.8) is 0 Å². The van der Waals surface area contributed by atoms with E-state index < -0.39 is 23.0 Å². The first-order chi connectivity index (χ1) is 18.2. The monoisotopic (exact) mass is 535 g/mol. The zero-order valence-corrected chi connectivity index (χ0v) is 23.5. The third-order valence-electron chi connectivity index (χ3n) is 7.77. The molecule has 0 aromatic carbocycles. The molecule has 8 nitrogen and oxygen atoms in total. The summed E-state index contributed by atoms with van der Waals surface area (Å²) in [5.74, 6) is -1.86. The Kier molecular flexibility index (Phi) is 6.50. The number of carbonyl (C=O) groups is 1. The standard InChI is InChI=1S/C27H33B2F2N5O3/c1-15-22(16(2)39-34-15)17-10-21-23(32-11-17)20(18-12-33-36(13-18)24(37)38-25(3,4)5)14-35(21)27(28,29)19-6-8-26(30,31)9-7-19/h10-14,19H,6-9,28-29H2,1-5H3. The first-order valence-corrected chi connectivity index (χ1v) is 13.3. The molecule has 0 atom stereocenters. The van der Waals surface area contributed by atoms with Gasteiger partial charge in [-0.3, -0.25) is 4.98 Å². The van der Waals surface area contributed by atoms with Crippen LogP contribution < -0.4 is 0 Å². The molecule has 4 aromatic rings. The topological polar surface area (TPSA) is 88.0 Å². The molecule has 1 aliphatic carbocycles. The summed E-state index contributed by atoms with van der Waals surface area (Å²) in [5, 5.41) is 7.86. The zero-order chi connectivity index (χ0) is 28.3. The average molecular weight is 535 g/mol. The van der Waals surface area contributed by atoms with Gasteiger partial charge < -0.3 is 13.8 Å². The van der Waals surface area contributed by atoms with Crippen LogP contribution in [0.2, 0.25) is 0 Å². The van der Waals surface area contributed by atoms with Crippen molar-refractivity contribution in [1.29, 1.82) is 0 Å². The molecule has 4 heterocycles. The summed E-state index contributed by atoms with van der Waals surface area (Å²) in [6.45, 7) is 9.14. The van der Waals surface area contributed by atoms with Crippen LogP contribution in [0, 0.1) is 19.8 Å². The normalized spacial score (nSPS) is 16.6. The molecule has 4 aromatic heterocycles. The van der Waals surface area contributed by atoms with Crippen molar-refractivity contribution in [2.75, 3.05) is 0 Å². The molecule has 0 amide bonds. The van der Waals surface area contributed by atoms with E-state index in [2.05, 4.69) is 36.6 Å². The fourth-order valence-electron chi connectivity index (χ4n) is 5.64. The summed E-state index contributed by atoms with van der Waals surface area (Å²) < 4.78 is 42.2. The summed E-state index contributed by atoms with van der Waals surface area (Å²) in [7, 11) is 4.19. The second kappa shape index (κ2) is 9.34. The van der Waals surface area contributed by atoms with E-state index in [0.717, 1.165) is 33.4 Å². The number of hydrogen-bond donors (Lipinski definition) is 0. The van der Waals surface area contributed by atoms with Crippen molar-refractivity contribution in [2.24, 2.45) is 5.92 Å². The molecule has 0 N–H and O–H groups in total. The number of aryl methyl sites for hydroxylation is 2. The Morgan fingerprint density at radius 1 is 1.13 bits per heavy atom. The second-order valence-electron chi connectivity index (χ2n) is 12.1. The van der Waals surface area contributed by atoms with Gasteiger partial charge in [-0.2, -0.15) is 9.78 Å². The van der Waals surface area contributed by atoms with Gasteiger partial charge >= 0.3 is 6.09 Å². The SMILES string of the molecule is BC(B)(C1CCC(F)(F)CC1)n1cc(-c2cnn(C(=O)OC(C)(C)C)c2)c2ncc(-c3c(C)noc3C)cc21. The van der Waals surface area contributed by atoms with Gasteiger partial charge in [0.15, 0.2) is 0 Å². The quantitative estimate of drug-likeness (QED) is 0.354. The third kappa shape index (κ3) is 5.13. The van der Waals surface area contributed by atoms with Gasteiger partial charge in [0, 0.05) is 53.7 Å². The Balaban J connectivity index is 1.63. The Labute approximate surface area is 227 Å². The van der Waals surface area contributed by atoms with Crippen LogP contribution >= 0.6 is 0 Å². The fourth-order valence-corrected chi connectivity index (χ4v) is 5.64. The maximum absolute atomic E-state index is 14.0. The smallest absolute Gasteiger partial charge is 0.435 e. The Hall–Kier alpha value is -3.43. The predicted octanol–water partition coefficient (Wildman–Crippen LogP) is 4.66. The van der Waals surface area contributed by atoms with Crippen molar-refractivity contribution in [1.82, 2.24) is 24.5 Å². The lowest BCUT2D eigenvalue weighted by molar-refractivity contribution is -0.0498. The van der Waals surface area contributed by atoms with Crippen LogP contribution in [0.4, 0.5) is 13.6 Å². The fraction of sp³-hybridized carbons (Fsp3) is 0.481. The van der Waals surface area contributed by atoms with Gasteiger partial charge in [-0.15, -0.1) is 0 Å². The van der Waals surface area contributed by atoms with Crippen LogP contribution in [0.3, 0.4) is 0 Å². The molecule has 1 fully saturated rings. The van der Waals surface area contributed by atoms with Gasteiger partial charge in [-0.05, 0) is 64.8 Å². The molecule has 12 heteroatoms. The van der Waals surface area contributed by atoms with Gasteiger partial charge in [0.25, 0.3) is 0 Å². The van der Waals surface area contributed by atoms with Crippen molar-refractivity contribution in [3.05, 3.63) is 42.3 Å². The molecule has 0 bridgehead atoms. The van der Waals surface area contributed by atoms with Crippen LogP contribution in [0.5, 0.6) is 0 Å². The van der Waals surface area contributed by atoms with E-state index in [9.17, 15) is 13.6 Å². The summed E-state index contributed by atoms with van der Waals surface area (Å²) >= 11 is 0. The summed E-state index contributed by atoms with van der Waals surface area (Å²) in [5.41, 5.74) is 4.92. The molecule has 1 aliphatic rings. The maximum Gasteiger partial charge on any atom is 0.435 e. The van der Waals surface area contributed by atoms with Crippen molar-refractivity contribution in [3.8, 4) is 22.3 Å². The van der Waals surface area contributed by atoms with E-state index >= 15 is 0 Å². The molecule has 0 radical (unpaired) electrons. The minimum atomic E-state index is -2.61. The number of fused-ring (bicyclic) bond motifs is 1. The van der Waals surface area contributed by atoms with Crippen LogP contribution in [-0.2, 0) is 10.1 Å². The lowest BCUT2D eigenvalue weighted by Crippen LogP contribution is -2.45. The van der Waals surface area contributed by atoms with Crippen LogP contribution in [0.1, 0.15) is 57.9 Å². The second-order valence-corrected chi connectivity index (χ2v) is 12.1. The minimum Gasteiger partial charge on any atom is -0.442 e. The first kappa shape index (κ1) is 27.1. The van der Waals surface area contributed by atoms with Gasteiger partial charge in [0.1, 0.15) is 27.1 Å². The number of halogens is 2. The van der Waals surface area contributed by atoms with Gasteiger partial charge in [-0.25, -0.2) is 13.6 Å². The predicted molar refractivity (Wildman–Crippen MR) is 150 cm³/mol. The lowest BCUT2D eigenvalue weighted by Gasteiger charge is -2.41. The van der Waals surface area contributed by atoms with Gasteiger partial charge in [0.05, 0.1) is 22.9 Å². The van der Waals surface area contributed by atoms with Crippen LogP contribution in [0.25, 0.3) is 33.3 Å². The van der Waals surface area contributed by atoms with E-state index in [0.29, 0.717) is 24.2 Å². The molecule has 0 unspecified atom stereocenters. The average Bonchev–Trinajstić information content (AvgIpc) is 3.54. The number of nitrogens with zero attached hydrogens (tertiary/aromatic N) is 5. The molecule has 0 aliphatic heterocycles. The maximum atomic E-state index is 14.0. The molecule has 5 rings (SSSR count). The zero-order valence-electron chi connectivity index (χ0n) is 23.5. The number of aromatic nitrogens is 5. The van der Waals surface area contributed by atoms with E-state index in [4.69, 9.17) is 14.2 Å². The van der Waals surface area contributed by atoms with E-state index in [1.807, 2.05) is 20.0 Å². The Morgan fingerprint density at radius 3 is 2.44 bits per heavy atom. The largest absolute Gasteiger partial charge is 0.442 e. The summed E-state index contributed by atoms with van der Waals surface area (Å²) in [6, 6.07) is 2.05. The van der Waals surface area contributed by atoms with Crippen molar-refractivity contribution in [2.45, 2.75) is 77.2 Å². The molecular weight excluding hydrogens is 502 g/mol. The minimum absolute atomic E-state index is 0.0489. The summed E-state index contributed by atoms with van der Waals surface area (Å²) in [4.78, 5) is 17.5. The number of ether oxygens (including phenoxy) is 1. The first-order valence-electron chi connectivity index (χ1n) is 13.3. The molecule has 0 spiro atoms. The molecular formula is C27H33B2F2N5O3. The number of carbonyl (C=O) groups excluding carboxylic acids is 1. The molecule has 39 heavy (non-hydrogen) atoms. The van der Waals surface area contributed by atoms with Crippen molar-refractivity contribution >= 4 is 32.8 Å². The Morgan fingerprint density at radius 2 is 1.82 bits per heavy atom. The number of rotatable bonds is 4. The highest BCUT2D eigenvalue weighted by Crippen LogP contribution is 2.43. The number of hydrogen-bond acceptors (Lipinski definition) is 6. The lowest BCUT2D eigenvalue weighted by atomic mass is 9.52. The third-order valence-corrected chi connectivity index (χ3v) is 7.77. The Bertz CT molecular complexity index is 1520. The highest BCUT2D eigenvalue weighted by molar-refractivity contribution is 6.38. The number of pyridine rings is 1. The molecule has 0 saturated heterocycles. The van der Waals surface area contributed by atoms with Gasteiger partial charge in [0.2, 0.25) is 5.92 Å². The molecule has 1 saturated carbocycles. The van der Waals surface area contributed by atoms with Crippen LogP contribution in [-0.4, -0.2) is 57.8 Å². The number of alkyl halides is 2. The molecule has 204 valence electrons. The van der Waals surface area contributed by atoms with E-state index in [1.165, 1.54) is 4.68 Å². The van der Waals surface area contributed by atoms with Gasteiger partial charge in [-0.1, -0.05) is 5.16 Å². The van der Waals surface area contributed by atoms with Crippen molar-refractivity contribution < 1.29 is 22.8 Å². The van der Waals surface area contributed by atoms with Crippen LogP contribution in [0.15, 0.2) is 35.4 Å². The highest BCUT2D eigenvalue weighted by Gasteiger charge is 2.41. The summed E-state index contributed by atoms with van der Waals surface area (Å²) in [6.07, 6.45) is 7.09. The van der Waals surface area contributed by atoms with E-state index in [1.54, 1.807) is 39.4 Å².